The first-order valence-corrected chi connectivity index (χ1v) is 9.56. The summed E-state index contributed by atoms with van der Waals surface area (Å²) in [6.07, 6.45) is 2.08. The maximum absolute atomic E-state index is 12.0. The molecule has 25 heavy (non-hydrogen) atoms. The predicted octanol–water partition coefficient (Wildman–Crippen LogP) is 1.90. The number of carbonyl (C=O) groups excluding carboxylic acids is 1. The second-order valence-electron chi connectivity index (χ2n) is 7.63. The summed E-state index contributed by atoms with van der Waals surface area (Å²) in [5.41, 5.74) is 2.71. The lowest BCUT2D eigenvalue weighted by atomic mass is 10.1. The predicted molar refractivity (Wildman–Crippen MR) is 99.8 cm³/mol. The van der Waals surface area contributed by atoms with Crippen LogP contribution in [0.3, 0.4) is 0 Å². The van der Waals surface area contributed by atoms with Crippen molar-refractivity contribution < 1.29 is 9.53 Å². The molecule has 1 fully saturated rings. The first-order chi connectivity index (χ1) is 12.1. The molecule has 2 aliphatic rings. The Kier molecular flexibility index (Phi) is 6.32. The number of benzene rings is 1. The number of amides is 1. The molecule has 3 rings (SSSR count). The summed E-state index contributed by atoms with van der Waals surface area (Å²) in [4.78, 5) is 16.7. The molecule has 0 aliphatic carbocycles. The molecule has 1 N–H and O–H groups in total. The fourth-order valence-corrected chi connectivity index (χ4v) is 3.46. The molecule has 1 saturated heterocycles. The second kappa shape index (κ2) is 8.68. The van der Waals surface area contributed by atoms with E-state index in [9.17, 15) is 4.79 Å². The highest BCUT2D eigenvalue weighted by Crippen LogP contribution is 2.26. The van der Waals surface area contributed by atoms with Crippen molar-refractivity contribution in [2.45, 2.75) is 33.2 Å². The van der Waals surface area contributed by atoms with Crippen LogP contribution in [-0.2, 0) is 17.8 Å². The Morgan fingerprint density at radius 2 is 1.96 bits per heavy atom. The van der Waals surface area contributed by atoms with E-state index in [4.69, 9.17) is 4.74 Å². The van der Waals surface area contributed by atoms with Gasteiger partial charge in [0, 0.05) is 45.7 Å². The Balaban J connectivity index is 1.38. The molecule has 2 aliphatic heterocycles. The maximum Gasteiger partial charge on any atom is 0.234 e. The molecular formula is C20H31N3O2. The van der Waals surface area contributed by atoms with E-state index in [-0.39, 0.29) is 5.91 Å². The zero-order valence-corrected chi connectivity index (χ0v) is 15.6. The van der Waals surface area contributed by atoms with Gasteiger partial charge in [0.1, 0.15) is 5.75 Å². The number of nitrogens with one attached hydrogen (secondary N) is 1. The normalized spacial score (nSPS) is 18.2. The van der Waals surface area contributed by atoms with E-state index >= 15 is 0 Å². The second-order valence-corrected chi connectivity index (χ2v) is 7.63. The van der Waals surface area contributed by atoms with Gasteiger partial charge in [-0.25, -0.2) is 0 Å². The van der Waals surface area contributed by atoms with Gasteiger partial charge in [0.15, 0.2) is 0 Å². The maximum atomic E-state index is 12.0. The summed E-state index contributed by atoms with van der Waals surface area (Å²) >= 11 is 0. The van der Waals surface area contributed by atoms with Crippen LogP contribution < -0.4 is 10.1 Å². The smallest absolute Gasteiger partial charge is 0.234 e. The summed E-state index contributed by atoms with van der Waals surface area (Å²) in [5, 5.41) is 3.03. The van der Waals surface area contributed by atoms with Crippen molar-refractivity contribution in [2.24, 2.45) is 5.92 Å². The third-order valence-electron chi connectivity index (χ3n) is 5.04. The summed E-state index contributed by atoms with van der Waals surface area (Å²) in [5.74, 6) is 1.85. The van der Waals surface area contributed by atoms with Crippen molar-refractivity contribution in [3.05, 3.63) is 29.3 Å². The van der Waals surface area contributed by atoms with Gasteiger partial charge in [-0.2, -0.15) is 0 Å². The van der Waals surface area contributed by atoms with Crippen LogP contribution in [0.25, 0.3) is 0 Å². The van der Waals surface area contributed by atoms with Crippen LogP contribution in [0.1, 0.15) is 31.4 Å². The molecule has 0 spiro atoms. The quantitative estimate of drug-likeness (QED) is 0.820. The van der Waals surface area contributed by atoms with E-state index in [0.29, 0.717) is 12.5 Å². The number of piperazine rings is 1. The highest BCUT2D eigenvalue weighted by molar-refractivity contribution is 5.77. The first-order valence-electron chi connectivity index (χ1n) is 9.56. The molecular weight excluding hydrogens is 314 g/mol. The van der Waals surface area contributed by atoms with Crippen molar-refractivity contribution in [3.63, 3.8) is 0 Å². The van der Waals surface area contributed by atoms with Gasteiger partial charge in [-0.15, -0.1) is 0 Å². The average Bonchev–Trinajstić information content (AvgIpc) is 3.04. The van der Waals surface area contributed by atoms with Crippen LogP contribution >= 0.6 is 0 Å². The van der Waals surface area contributed by atoms with Crippen molar-refractivity contribution in [2.75, 3.05) is 45.9 Å². The molecule has 0 radical (unpaired) electrons. The van der Waals surface area contributed by atoms with Gasteiger partial charge >= 0.3 is 0 Å². The van der Waals surface area contributed by atoms with Gasteiger partial charge in [0.25, 0.3) is 0 Å². The van der Waals surface area contributed by atoms with Crippen molar-refractivity contribution >= 4 is 5.91 Å². The minimum atomic E-state index is 0.160. The van der Waals surface area contributed by atoms with Crippen LogP contribution in [0.4, 0.5) is 0 Å². The number of hydrogen-bond acceptors (Lipinski definition) is 4. The third kappa shape index (κ3) is 5.44. The zero-order valence-electron chi connectivity index (χ0n) is 15.6. The minimum Gasteiger partial charge on any atom is -0.493 e. The summed E-state index contributed by atoms with van der Waals surface area (Å²) in [6.45, 7) is 11.5. The molecule has 0 atom stereocenters. The SMILES string of the molecule is CC(C)CCNC(=O)CN1CCN(Cc2ccc3c(c2)CCO3)CC1. The molecule has 1 aromatic carbocycles. The number of hydrogen-bond donors (Lipinski definition) is 1. The van der Waals surface area contributed by atoms with Crippen LogP contribution in [-0.4, -0.2) is 61.6 Å². The lowest BCUT2D eigenvalue weighted by Gasteiger charge is -2.34. The minimum absolute atomic E-state index is 0.160. The van der Waals surface area contributed by atoms with Gasteiger partial charge in [-0.3, -0.25) is 14.6 Å². The topological polar surface area (TPSA) is 44.8 Å². The first kappa shape index (κ1) is 18.2. The Morgan fingerprint density at radius 1 is 1.20 bits per heavy atom. The van der Waals surface area contributed by atoms with E-state index in [1.54, 1.807) is 0 Å². The molecule has 0 unspecified atom stereocenters. The monoisotopic (exact) mass is 345 g/mol. The van der Waals surface area contributed by atoms with Gasteiger partial charge < -0.3 is 10.1 Å². The largest absolute Gasteiger partial charge is 0.493 e. The standard InChI is InChI=1S/C20H31N3O2/c1-16(2)5-7-21-20(24)15-23-10-8-22(9-11-23)14-17-3-4-19-18(13-17)6-12-25-19/h3-4,13,16H,5-12,14-15H2,1-2H3,(H,21,24). The molecule has 0 saturated carbocycles. The molecule has 138 valence electrons. The molecule has 1 amide bonds. The molecule has 5 heteroatoms. The van der Waals surface area contributed by atoms with Crippen molar-refractivity contribution in [1.29, 1.82) is 0 Å². The van der Waals surface area contributed by atoms with E-state index in [1.807, 2.05) is 0 Å². The van der Waals surface area contributed by atoms with Crippen LogP contribution in [0.5, 0.6) is 5.75 Å². The van der Waals surface area contributed by atoms with Gasteiger partial charge in [-0.1, -0.05) is 26.0 Å². The van der Waals surface area contributed by atoms with Gasteiger partial charge in [0.05, 0.1) is 13.2 Å². The van der Waals surface area contributed by atoms with Crippen LogP contribution in [0.15, 0.2) is 18.2 Å². The molecule has 1 aromatic rings. The lowest BCUT2D eigenvalue weighted by Crippen LogP contribution is -2.49. The summed E-state index contributed by atoms with van der Waals surface area (Å²) in [7, 11) is 0. The van der Waals surface area contributed by atoms with E-state index in [0.717, 1.165) is 64.5 Å². The van der Waals surface area contributed by atoms with Crippen molar-refractivity contribution in [3.8, 4) is 5.75 Å². The highest BCUT2D eigenvalue weighted by atomic mass is 16.5. The highest BCUT2D eigenvalue weighted by Gasteiger charge is 2.20. The number of nitrogens with zero attached hydrogens (tertiary/aromatic N) is 2. The average molecular weight is 345 g/mol. The zero-order chi connectivity index (χ0) is 17.6. The fraction of sp³-hybridized carbons (Fsp3) is 0.650. The number of rotatable bonds is 7. The molecule has 2 heterocycles. The van der Waals surface area contributed by atoms with Gasteiger partial charge in [-0.05, 0) is 29.5 Å². The lowest BCUT2D eigenvalue weighted by molar-refractivity contribution is -0.122. The Bertz CT molecular complexity index is 580. The third-order valence-corrected chi connectivity index (χ3v) is 5.04. The number of ether oxygens (including phenoxy) is 1. The molecule has 0 aromatic heterocycles. The van der Waals surface area contributed by atoms with Crippen molar-refractivity contribution in [1.82, 2.24) is 15.1 Å². The van der Waals surface area contributed by atoms with Gasteiger partial charge in [0.2, 0.25) is 5.91 Å². The number of fused-ring (bicyclic) bond motifs is 1. The summed E-state index contributed by atoms with van der Waals surface area (Å²) in [6, 6.07) is 6.57. The van der Waals surface area contributed by atoms with Crippen LogP contribution in [0, 0.1) is 5.92 Å². The summed E-state index contributed by atoms with van der Waals surface area (Å²) < 4.78 is 5.58. The van der Waals surface area contributed by atoms with Crippen LogP contribution in [0.2, 0.25) is 0 Å². The Hall–Kier alpha value is -1.59. The van der Waals surface area contributed by atoms with E-state index in [1.165, 1.54) is 11.1 Å². The fourth-order valence-electron chi connectivity index (χ4n) is 3.46. The van der Waals surface area contributed by atoms with E-state index < -0.39 is 0 Å². The Morgan fingerprint density at radius 3 is 2.72 bits per heavy atom. The number of carbonyl (C=O) groups is 1. The van der Waals surface area contributed by atoms with E-state index in [2.05, 4.69) is 47.2 Å². The molecule has 0 bridgehead atoms. The Labute approximate surface area is 151 Å². The molecule has 5 nitrogen and oxygen atoms in total.